The number of aliphatic hydroxyl groups excluding tert-OH is 1. The minimum absolute atomic E-state index is 0.00527. The molecule has 0 spiro atoms. The van der Waals surface area contributed by atoms with Gasteiger partial charge in [0.25, 0.3) is 0 Å². The number of anilines is 2. The maximum absolute atomic E-state index is 10.0. The number of halogens is 1. The van der Waals surface area contributed by atoms with E-state index in [1.54, 1.807) is 0 Å². The van der Waals surface area contributed by atoms with Gasteiger partial charge in [0, 0.05) is 36.0 Å². The second kappa shape index (κ2) is 11.9. The van der Waals surface area contributed by atoms with E-state index >= 15 is 0 Å². The van der Waals surface area contributed by atoms with Gasteiger partial charge in [0.05, 0.1) is 23.2 Å². The Bertz CT molecular complexity index is 1110. The van der Waals surface area contributed by atoms with Gasteiger partial charge in [-0.25, -0.2) is 4.98 Å². The third-order valence-corrected chi connectivity index (χ3v) is 7.84. The van der Waals surface area contributed by atoms with Gasteiger partial charge in [0.15, 0.2) is 0 Å². The van der Waals surface area contributed by atoms with Crippen molar-refractivity contribution >= 4 is 57.2 Å². The first-order chi connectivity index (χ1) is 16.5. The van der Waals surface area contributed by atoms with Gasteiger partial charge in [-0.1, -0.05) is 78.9 Å². The van der Waals surface area contributed by atoms with E-state index in [0.717, 1.165) is 42.5 Å². The smallest absolute Gasteiger partial charge is 0.227 e. The van der Waals surface area contributed by atoms with Crippen LogP contribution in [0.25, 0.3) is 10.8 Å². The van der Waals surface area contributed by atoms with E-state index in [1.807, 2.05) is 0 Å². The summed E-state index contributed by atoms with van der Waals surface area (Å²) < 4.78 is 10.9. The van der Waals surface area contributed by atoms with Crippen molar-refractivity contribution in [1.82, 2.24) is 9.97 Å². The molecule has 0 aliphatic carbocycles. The first-order valence-electron chi connectivity index (χ1n) is 11.9. The molecular formula is C26H33IN4O2S. The fraction of sp³-hybridized carbons (Fsp3) is 0.462. The summed E-state index contributed by atoms with van der Waals surface area (Å²) in [5.74, 6) is 2.07. The average Bonchev–Trinajstić information content (AvgIpc) is 2.87. The Morgan fingerprint density at radius 2 is 1.85 bits per heavy atom. The van der Waals surface area contributed by atoms with Gasteiger partial charge in [0.1, 0.15) is 5.82 Å². The lowest BCUT2D eigenvalue weighted by atomic mass is 9.88. The number of aromatic nitrogens is 2. The second-order valence-corrected chi connectivity index (χ2v) is 10.9. The number of hydrogen-bond acceptors (Lipinski definition) is 7. The molecule has 3 aromatic rings. The van der Waals surface area contributed by atoms with Crippen LogP contribution in [0, 0.1) is 5.92 Å². The Hall–Kier alpha value is -1.62. The highest BCUT2D eigenvalue weighted by molar-refractivity contribution is 14.1. The lowest BCUT2D eigenvalue weighted by Crippen LogP contribution is -2.35. The summed E-state index contributed by atoms with van der Waals surface area (Å²) in [6.45, 7) is 5.90. The molecule has 4 rings (SSSR count). The van der Waals surface area contributed by atoms with Crippen LogP contribution < -0.4 is 10.2 Å². The predicted octanol–water partition coefficient (Wildman–Crippen LogP) is 5.99. The zero-order valence-corrected chi connectivity index (χ0v) is 22.7. The van der Waals surface area contributed by atoms with Crippen LogP contribution in [0.5, 0.6) is 0 Å². The monoisotopic (exact) mass is 592 g/mol. The molecular weight excluding hydrogens is 559 g/mol. The van der Waals surface area contributed by atoms with Gasteiger partial charge >= 0.3 is 0 Å². The third-order valence-electron chi connectivity index (χ3n) is 6.69. The second-order valence-electron chi connectivity index (χ2n) is 9.22. The van der Waals surface area contributed by atoms with Crippen molar-refractivity contribution in [3.05, 3.63) is 53.7 Å². The van der Waals surface area contributed by atoms with Gasteiger partial charge in [-0.05, 0) is 41.0 Å². The van der Waals surface area contributed by atoms with Crippen LogP contribution in [-0.4, -0.2) is 49.8 Å². The minimum atomic E-state index is -0.139. The standard InChI is InChI=1S/C26H33IN4O2S/c1-17(2)23(16-32)28-25-24(34-33)22(9-12-27)29-26(30-25)31-13-10-19(11-14-31)21-8-7-18-5-3-4-6-20(18)15-21/h3-8,15,17,19,23,32-33H,9-14,16H2,1-2H3,(H,28,29,30)/t23-/m0/s1. The molecule has 2 aromatic carbocycles. The van der Waals surface area contributed by atoms with E-state index in [4.69, 9.17) is 9.97 Å². The maximum atomic E-state index is 10.0. The maximum Gasteiger partial charge on any atom is 0.227 e. The van der Waals surface area contributed by atoms with Gasteiger partial charge in [0.2, 0.25) is 5.95 Å². The lowest BCUT2D eigenvalue weighted by molar-refractivity contribution is 0.248. The predicted molar refractivity (Wildman–Crippen MR) is 151 cm³/mol. The highest BCUT2D eigenvalue weighted by Gasteiger charge is 2.25. The molecule has 34 heavy (non-hydrogen) atoms. The molecule has 1 aliphatic heterocycles. The first kappa shape index (κ1) is 25.5. The number of benzene rings is 2. The van der Waals surface area contributed by atoms with Crippen LogP contribution in [0.15, 0.2) is 47.4 Å². The Balaban J connectivity index is 1.55. The van der Waals surface area contributed by atoms with Gasteiger partial charge in [-0.15, -0.1) is 0 Å². The number of fused-ring (bicyclic) bond motifs is 1. The first-order valence-corrected chi connectivity index (χ1v) is 14.2. The summed E-state index contributed by atoms with van der Waals surface area (Å²) in [5, 5.41) is 15.8. The highest BCUT2D eigenvalue weighted by atomic mass is 127. The molecule has 6 nitrogen and oxygen atoms in total. The van der Waals surface area contributed by atoms with Crippen molar-refractivity contribution in [1.29, 1.82) is 0 Å². The number of nitrogens with zero attached hydrogens (tertiary/aromatic N) is 3. The molecule has 1 fully saturated rings. The number of rotatable bonds is 9. The van der Waals surface area contributed by atoms with Crippen LogP contribution in [-0.2, 0) is 6.42 Å². The molecule has 2 heterocycles. The summed E-state index contributed by atoms with van der Waals surface area (Å²) >= 11 is 3.02. The van der Waals surface area contributed by atoms with E-state index in [0.29, 0.717) is 34.6 Å². The number of hydrogen-bond donors (Lipinski definition) is 3. The molecule has 0 radical (unpaired) electrons. The van der Waals surface area contributed by atoms with E-state index in [9.17, 15) is 9.66 Å². The highest BCUT2D eigenvalue weighted by Crippen LogP contribution is 2.34. The largest absolute Gasteiger partial charge is 0.394 e. The molecule has 1 aromatic heterocycles. The van der Waals surface area contributed by atoms with Gasteiger partial charge < -0.3 is 19.9 Å². The average molecular weight is 593 g/mol. The molecule has 0 saturated carbocycles. The summed E-state index contributed by atoms with van der Waals surface area (Å²) in [6, 6.07) is 15.2. The Morgan fingerprint density at radius 1 is 1.12 bits per heavy atom. The van der Waals surface area contributed by atoms with Crippen molar-refractivity contribution in [3.63, 3.8) is 0 Å². The zero-order chi connectivity index (χ0) is 24.1. The lowest BCUT2D eigenvalue weighted by Gasteiger charge is -2.33. The molecule has 1 atom stereocenters. The Morgan fingerprint density at radius 3 is 2.50 bits per heavy atom. The fourth-order valence-corrected chi connectivity index (χ4v) is 5.51. The Labute approximate surface area is 219 Å². The number of aliphatic hydroxyl groups is 1. The van der Waals surface area contributed by atoms with Crippen LogP contribution in [0.4, 0.5) is 11.8 Å². The van der Waals surface area contributed by atoms with Crippen molar-refractivity contribution in [2.24, 2.45) is 5.92 Å². The van der Waals surface area contributed by atoms with Crippen LogP contribution in [0.1, 0.15) is 43.9 Å². The summed E-state index contributed by atoms with van der Waals surface area (Å²) in [4.78, 5) is 12.6. The fourth-order valence-electron chi connectivity index (χ4n) is 4.55. The molecule has 1 aliphatic rings. The molecule has 182 valence electrons. The normalized spacial score (nSPS) is 15.8. The van der Waals surface area contributed by atoms with E-state index < -0.39 is 0 Å². The Kier molecular flexibility index (Phi) is 8.90. The number of piperidine rings is 1. The number of aryl methyl sites for hydroxylation is 1. The van der Waals surface area contributed by atoms with Crippen LogP contribution >= 0.6 is 34.6 Å². The molecule has 0 amide bonds. The molecule has 0 unspecified atom stereocenters. The SMILES string of the molecule is CC(C)[C@H](CO)Nc1nc(N2CCC(c3ccc4ccccc4c3)CC2)nc(CCI)c1SO. The number of nitrogens with one attached hydrogen (secondary N) is 1. The van der Waals surface area contributed by atoms with Crippen LogP contribution in [0.3, 0.4) is 0 Å². The van der Waals surface area contributed by atoms with E-state index in [2.05, 4.69) is 89.1 Å². The van der Waals surface area contributed by atoms with Crippen molar-refractivity contribution < 1.29 is 9.66 Å². The summed E-state index contributed by atoms with van der Waals surface area (Å²) in [7, 11) is 0. The van der Waals surface area contributed by atoms with Crippen molar-refractivity contribution in [3.8, 4) is 0 Å². The number of alkyl halides is 1. The summed E-state index contributed by atoms with van der Waals surface area (Å²) in [6.07, 6.45) is 2.86. The van der Waals surface area contributed by atoms with Gasteiger partial charge in [-0.2, -0.15) is 4.98 Å². The summed E-state index contributed by atoms with van der Waals surface area (Å²) in [5.41, 5.74) is 2.26. The molecule has 1 saturated heterocycles. The van der Waals surface area contributed by atoms with Crippen LogP contribution in [0.2, 0.25) is 0 Å². The van der Waals surface area contributed by atoms with Crippen molar-refractivity contribution in [2.75, 3.05) is 34.3 Å². The van der Waals surface area contributed by atoms with Crippen molar-refractivity contribution in [2.45, 2.75) is 50.0 Å². The third kappa shape index (κ3) is 5.78. The molecule has 3 N–H and O–H groups in total. The molecule has 8 heteroatoms. The molecule has 0 bridgehead atoms. The van der Waals surface area contributed by atoms with Gasteiger partial charge in [-0.3, -0.25) is 0 Å². The quantitative estimate of drug-likeness (QED) is 0.160. The van der Waals surface area contributed by atoms with E-state index in [-0.39, 0.29) is 18.6 Å². The zero-order valence-electron chi connectivity index (χ0n) is 19.7. The topological polar surface area (TPSA) is 81.5 Å². The van der Waals surface area contributed by atoms with E-state index in [1.165, 1.54) is 16.3 Å². The minimum Gasteiger partial charge on any atom is -0.394 e.